The molecule has 2 rings (SSSR count). The van der Waals surface area contributed by atoms with Crippen molar-refractivity contribution in [2.45, 2.75) is 32.2 Å². The lowest BCUT2D eigenvalue weighted by atomic mass is 10.1. The summed E-state index contributed by atoms with van der Waals surface area (Å²) in [6.45, 7) is 1.44. The Labute approximate surface area is 118 Å². The lowest BCUT2D eigenvalue weighted by Crippen LogP contribution is -2.41. The highest BCUT2D eigenvalue weighted by Crippen LogP contribution is 2.14. The fraction of sp³-hybridized carbons (Fsp3) is 0.467. The van der Waals surface area contributed by atoms with Crippen LogP contribution in [0.5, 0.6) is 5.75 Å². The van der Waals surface area contributed by atoms with Crippen LogP contribution in [0.25, 0.3) is 0 Å². The van der Waals surface area contributed by atoms with E-state index in [1.54, 1.807) is 0 Å². The molecule has 0 aliphatic carbocycles. The van der Waals surface area contributed by atoms with Gasteiger partial charge in [-0.25, -0.2) is 0 Å². The number of imide groups is 1. The lowest BCUT2D eigenvalue weighted by Gasteiger charge is -2.24. The SMILES string of the molecule is NCc1ccc(OCCCN2C(=O)CCCC2=O)cc1. The van der Waals surface area contributed by atoms with Gasteiger partial charge in [0.05, 0.1) is 6.61 Å². The van der Waals surface area contributed by atoms with Crippen molar-refractivity contribution in [3.8, 4) is 5.75 Å². The van der Waals surface area contributed by atoms with E-state index in [0.717, 1.165) is 11.3 Å². The molecule has 1 saturated heterocycles. The summed E-state index contributed by atoms with van der Waals surface area (Å²) in [5.74, 6) is 0.653. The fourth-order valence-electron chi connectivity index (χ4n) is 2.18. The minimum Gasteiger partial charge on any atom is -0.494 e. The van der Waals surface area contributed by atoms with E-state index in [0.29, 0.717) is 45.4 Å². The number of carbonyl (C=O) groups excluding carboxylic acids is 2. The molecule has 1 fully saturated rings. The van der Waals surface area contributed by atoms with Crippen molar-refractivity contribution in [3.05, 3.63) is 29.8 Å². The molecule has 1 heterocycles. The van der Waals surface area contributed by atoms with Crippen molar-refractivity contribution in [2.75, 3.05) is 13.2 Å². The maximum atomic E-state index is 11.6. The van der Waals surface area contributed by atoms with Gasteiger partial charge in [-0.1, -0.05) is 12.1 Å². The summed E-state index contributed by atoms with van der Waals surface area (Å²) in [5.41, 5.74) is 6.58. The van der Waals surface area contributed by atoms with Crippen LogP contribution in [-0.2, 0) is 16.1 Å². The number of nitrogens with zero attached hydrogens (tertiary/aromatic N) is 1. The van der Waals surface area contributed by atoms with Crippen molar-refractivity contribution < 1.29 is 14.3 Å². The Morgan fingerprint density at radius 3 is 2.35 bits per heavy atom. The minimum atomic E-state index is -0.0615. The summed E-state index contributed by atoms with van der Waals surface area (Å²) in [6, 6.07) is 7.60. The van der Waals surface area contributed by atoms with Gasteiger partial charge in [-0.05, 0) is 30.5 Å². The van der Waals surface area contributed by atoms with Crippen molar-refractivity contribution in [1.29, 1.82) is 0 Å². The number of nitrogens with two attached hydrogens (primary N) is 1. The van der Waals surface area contributed by atoms with E-state index < -0.39 is 0 Å². The van der Waals surface area contributed by atoms with Gasteiger partial charge in [-0.3, -0.25) is 14.5 Å². The molecule has 5 nitrogen and oxygen atoms in total. The minimum absolute atomic E-state index is 0.0615. The van der Waals surface area contributed by atoms with Crippen LogP contribution in [0.15, 0.2) is 24.3 Å². The molecule has 0 spiro atoms. The predicted octanol–water partition coefficient (Wildman–Crippen LogP) is 1.45. The number of benzene rings is 1. The van der Waals surface area contributed by atoms with Gasteiger partial charge >= 0.3 is 0 Å². The Kier molecular flexibility index (Phi) is 5.12. The van der Waals surface area contributed by atoms with E-state index in [1.807, 2.05) is 24.3 Å². The standard InChI is InChI=1S/C15H20N2O3/c16-11-12-5-7-13(8-6-12)20-10-2-9-17-14(18)3-1-4-15(17)19/h5-8H,1-4,9-11,16H2. The van der Waals surface area contributed by atoms with E-state index >= 15 is 0 Å². The molecule has 1 aliphatic rings. The Morgan fingerprint density at radius 1 is 1.10 bits per heavy atom. The summed E-state index contributed by atoms with van der Waals surface area (Å²) < 4.78 is 5.58. The Bertz CT molecular complexity index is 455. The van der Waals surface area contributed by atoms with Crippen LogP contribution in [0.3, 0.4) is 0 Å². The van der Waals surface area contributed by atoms with E-state index in [-0.39, 0.29) is 11.8 Å². The third kappa shape index (κ3) is 3.81. The second-order valence-corrected chi connectivity index (χ2v) is 4.84. The zero-order chi connectivity index (χ0) is 14.4. The van der Waals surface area contributed by atoms with Crippen LogP contribution in [0.4, 0.5) is 0 Å². The second kappa shape index (κ2) is 7.05. The fourth-order valence-corrected chi connectivity index (χ4v) is 2.18. The summed E-state index contributed by atoms with van der Waals surface area (Å²) in [7, 11) is 0. The maximum absolute atomic E-state index is 11.6. The molecule has 2 N–H and O–H groups in total. The number of likely N-dealkylation sites (tertiary alicyclic amines) is 1. The van der Waals surface area contributed by atoms with Gasteiger partial charge in [-0.15, -0.1) is 0 Å². The first kappa shape index (κ1) is 14.5. The highest BCUT2D eigenvalue weighted by atomic mass is 16.5. The van der Waals surface area contributed by atoms with E-state index in [2.05, 4.69) is 0 Å². The molecule has 0 unspecified atom stereocenters. The van der Waals surface area contributed by atoms with Gasteiger partial charge in [0.25, 0.3) is 0 Å². The molecule has 0 aromatic heterocycles. The van der Waals surface area contributed by atoms with Crippen molar-refractivity contribution in [3.63, 3.8) is 0 Å². The highest BCUT2D eigenvalue weighted by molar-refractivity contribution is 5.97. The van der Waals surface area contributed by atoms with Gasteiger partial charge in [0, 0.05) is 25.9 Å². The molecule has 0 saturated carbocycles. The van der Waals surface area contributed by atoms with Crippen LogP contribution in [0.2, 0.25) is 0 Å². The summed E-state index contributed by atoms with van der Waals surface area (Å²) in [5, 5.41) is 0. The summed E-state index contributed by atoms with van der Waals surface area (Å²) in [6.07, 6.45) is 2.29. The van der Waals surface area contributed by atoms with Gasteiger partial charge in [0.2, 0.25) is 11.8 Å². The van der Waals surface area contributed by atoms with Crippen molar-refractivity contribution in [2.24, 2.45) is 5.73 Å². The Morgan fingerprint density at radius 2 is 1.75 bits per heavy atom. The average molecular weight is 276 g/mol. The average Bonchev–Trinajstić information content (AvgIpc) is 2.46. The largest absolute Gasteiger partial charge is 0.494 e. The zero-order valence-corrected chi connectivity index (χ0v) is 11.5. The molecule has 5 heteroatoms. The van der Waals surface area contributed by atoms with Gasteiger partial charge < -0.3 is 10.5 Å². The van der Waals surface area contributed by atoms with Crippen LogP contribution in [0.1, 0.15) is 31.2 Å². The summed E-state index contributed by atoms with van der Waals surface area (Å²) in [4.78, 5) is 24.5. The summed E-state index contributed by atoms with van der Waals surface area (Å²) >= 11 is 0. The Hall–Kier alpha value is -1.88. The predicted molar refractivity (Wildman–Crippen MR) is 75.0 cm³/mol. The number of hydrogen-bond donors (Lipinski definition) is 1. The van der Waals surface area contributed by atoms with Crippen LogP contribution in [0, 0.1) is 0 Å². The second-order valence-electron chi connectivity index (χ2n) is 4.84. The number of carbonyl (C=O) groups is 2. The number of amides is 2. The molecule has 108 valence electrons. The number of hydrogen-bond acceptors (Lipinski definition) is 4. The molecule has 1 aromatic rings. The van der Waals surface area contributed by atoms with Crippen LogP contribution in [-0.4, -0.2) is 29.9 Å². The van der Waals surface area contributed by atoms with E-state index in [9.17, 15) is 9.59 Å². The quantitative estimate of drug-likeness (QED) is 0.630. The first-order chi connectivity index (χ1) is 9.70. The van der Waals surface area contributed by atoms with Crippen LogP contribution >= 0.6 is 0 Å². The molecule has 1 aromatic carbocycles. The van der Waals surface area contributed by atoms with Gasteiger partial charge in [0.15, 0.2) is 0 Å². The van der Waals surface area contributed by atoms with E-state index in [4.69, 9.17) is 10.5 Å². The number of piperidine rings is 1. The molecule has 0 radical (unpaired) electrons. The molecule has 1 aliphatic heterocycles. The number of rotatable bonds is 6. The number of ether oxygens (including phenoxy) is 1. The first-order valence-electron chi connectivity index (χ1n) is 6.95. The zero-order valence-electron chi connectivity index (χ0n) is 11.5. The van der Waals surface area contributed by atoms with Crippen molar-refractivity contribution >= 4 is 11.8 Å². The highest BCUT2D eigenvalue weighted by Gasteiger charge is 2.24. The van der Waals surface area contributed by atoms with E-state index in [1.165, 1.54) is 4.90 Å². The normalized spacial score (nSPS) is 15.6. The third-order valence-corrected chi connectivity index (χ3v) is 3.34. The molecule has 20 heavy (non-hydrogen) atoms. The van der Waals surface area contributed by atoms with Crippen LogP contribution < -0.4 is 10.5 Å². The lowest BCUT2D eigenvalue weighted by molar-refractivity contribution is -0.148. The maximum Gasteiger partial charge on any atom is 0.229 e. The van der Waals surface area contributed by atoms with Gasteiger partial charge in [0.1, 0.15) is 5.75 Å². The monoisotopic (exact) mass is 276 g/mol. The topological polar surface area (TPSA) is 72.6 Å². The molecular weight excluding hydrogens is 256 g/mol. The molecular formula is C15H20N2O3. The molecule has 2 amide bonds. The molecule has 0 bridgehead atoms. The third-order valence-electron chi connectivity index (χ3n) is 3.34. The smallest absolute Gasteiger partial charge is 0.229 e. The Balaban J connectivity index is 1.72. The van der Waals surface area contributed by atoms with Crippen molar-refractivity contribution in [1.82, 2.24) is 4.90 Å². The first-order valence-corrected chi connectivity index (χ1v) is 6.95. The molecule has 0 atom stereocenters. The van der Waals surface area contributed by atoms with Gasteiger partial charge in [-0.2, -0.15) is 0 Å².